The quantitative estimate of drug-likeness (QED) is 0.923. The third kappa shape index (κ3) is 2.21. The first-order chi connectivity index (χ1) is 7.63. The number of carboxylic acid groups (broad SMARTS) is 1. The highest BCUT2D eigenvalue weighted by Crippen LogP contribution is 2.33. The minimum absolute atomic E-state index is 0.315. The monoisotopic (exact) mass is 283 g/mol. The Morgan fingerprint density at radius 3 is 2.69 bits per heavy atom. The first-order valence-electron chi connectivity index (χ1n) is 5.43. The molecule has 1 aliphatic rings. The van der Waals surface area contributed by atoms with Crippen LogP contribution in [0.1, 0.15) is 30.1 Å². The van der Waals surface area contributed by atoms with Crippen molar-refractivity contribution in [2.45, 2.75) is 25.8 Å². The zero-order valence-corrected chi connectivity index (χ0v) is 10.7. The molecule has 0 heterocycles. The van der Waals surface area contributed by atoms with E-state index in [4.69, 9.17) is 5.11 Å². The van der Waals surface area contributed by atoms with Crippen molar-refractivity contribution in [1.82, 2.24) is 0 Å². The third-order valence-corrected chi connectivity index (χ3v) is 3.50. The number of carbonyl (C=O) groups is 1. The number of hydrogen-bond donors (Lipinski definition) is 1. The van der Waals surface area contributed by atoms with Crippen LogP contribution in [0.3, 0.4) is 0 Å². The van der Waals surface area contributed by atoms with Crippen LogP contribution in [0.15, 0.2) is 22.7 Å². The largest absolute Gasteiger partial charge is 0.478 e. The second kappa shape index (κ2) is 4.45. The lowest BCUT2D eigenvalue weighted by Gasteiger charge is -2.23. The second-order valence-corrected chi connectivity index (χ2v) is 4.84. The van der Waals surface area contributed by atoms with Crippen LogP contribution in [0.5, 0.6) is 0 Å². The lowest BCUT2D eigenvalue weighted by molar-refractivity contribution is 0.0696. The van der Waals surface area contributed by atoms with E-state index in [1.807, 2.05) is 12.1 Å². The van der Waals surface area contributed by atoms with Gasteiger partial charge in [-0.1, -0.05) is 0 Å². The van der Waals surface area contributed by atoms with E-state index in [2.05, 4.69) is 27.8 Å². The predicted octanol–water partition coefficient (Wildman–Crippen LogP) is 3.14. The number of nitrogens with zero attached hydrogens (tertiary/aromatic N) is 1. The average molecular weight is 284 g/mol. The predicted molar refractivity (Wildman–Crippen MR) is 67.1 cm³/mol. The molecule has 4 heteroatoms. The lowest BCUT2D eigenvalue weighted by Crippen LogP contribution is -2.25. The Morgan fingerprint density at radius 2 is 2.25 bits per heavy atom. The minimum atomic E-state index is -0.895. The van der Waals surface area contributed by atoms with E-state index in [1.165, 1.54) is 12.8 Å². The molecule has 1 aromatic carbocycles. The van der Waals surface area contributed by atoms with Crippen LogP contribution in [0.25, 0.3) is 0 Å². The lowest BCUT2D eigenvalue weighted by atomic mass is 10.2. The Bertz CT molecular complexity index is 415. The first-order valence-corrected chi connectivity index (χ1v) is 6.22. The summed E-state index contributed by atoms with van der Waals surface area (Å²) in [6.45, 7) is 3.08. The fourth-order valence-corrected chi connectivity index (χ4v) is 2.43. The highest BCUT2D eigenvalue weighted by atomic mass is 79.9. The minimum Gasteiger partial charge on any atom is -0.478 e. The number of aromatic carboxylic acids is 1. The third-order valence-electron chi connectivity index (χ3n) is 2.84. The van der Waals surface area contributed by atoms with Crippen LogP contribution in [0.2, 0.25) is 0 Å². The van der Waals surface area contributed by atoms with E-state index in [1.54, 1.807) is 6.07 Å². The van der Waals surface area contributed by atoms with Crippen LogP contribution < -0.4 is 4.90 Å². The molecule has 0 bridgehead atoms. The summed E-state index contributed by atoms with van der Waals surface area (Å²) < 4.78 is 0.650. The summed E-state index contributed by atoms with van der Waals surface area (Å²) in [5, 5.41) is 8.93. The molecular formula is C12H14BrNO2. The maximum atomic E-state index is 10.9. The highest BCUT2D eigenvalue weighted by Gasteiger charge is 2.28. The number of rotatable bonds is 4. The molecule has 1 aliphatic carbocycles. The Morgan fingerprint density at radius 1 is 1.56 bits per heavy atom. The van der Waals surface area contributed by atoms with Gasteiger partial charge in [-0.25, -0.2) is 4.79 Å². The molecule has 0 amide bonds. The van der Waals surface area contributed by atoms with Crippen molar-refractivity contribution in [2.75, 3.05) is 11.4 Å². The molecule has 0 aromatic heterocycles. The van der Waals surface area contributed by atoms with Gasteiger partial charge in [0.1, 0.15) is 0 Å². The first kappa shape index (κ1) is 11.5. The van der Waals surface area contributed by atoms with Crippen LogP contribution >= 0.6 is 15.9 Å². The van der Waals surface area contributed by atoms with Gasteiger partial charge in [0, 0.05) is 22.7 Å². The zero-order valence-electron chi connectivity index (χ0n) is 9.11. The fraction of sp³-hybridized carbons (Fsp3) is 0.417. The Hall–Kier alpha value is -1.03. The number of anilines is 1. The SMILES string of the molecule is CCN(c1ccc(C(=O)O)c(Br)c1)C1CC1. The van der Waals surface area contributed by atoms with Crippen molar-refractivity contribution in [3.05, 3.63) is 28.2 Å². The second-order valence-electron chi connectivity index (χ2n) is 3.99. The highest BCUT2D eigenvalue weighted by molar-refractivity contribution is 9.10. The summed E-state index contributed by atoms with van der Waals surface area (Å²) >= 11 is 3.31. The number of halogens is 1. The van der Waals surface area contributed by atoms with Crippen LogP contribution in [-0.2, 0) is 0 Å². The van der Waals surface area contributed by atoms with Crippen molar-refractivity contribution in [3.8, 4) is 0 Å². The topological polar surface area (TPSA) is 40.5 Å². The maximum Gasteiger partial charge on any atom is 0.336 e. The molecule has 0 spiro atoms. The molecule has 1 saturated carbocycles. The number of benzene rings is 1. The van der Waals surface area contributed by atoms with Crippen molar-refractivity contribution in [1.29, 1.82) is 0 Å². The normalized spacial score (nSPS) is 14.9. The standard InChI is InChI=1S/C12H14BrNO2/c1-2-14(8-3-4-8)9-5-6-10(12(15)16)11(13)7-9/h5-8H,2-4H2,1H3,(H,15,16). The van der Waals surface area contributed by atoms with Gasteiger partial charge >= 0.3 is 5.97 Å². The molecule has 3 nitrogen and oxygen atoms in total. The number of hydrogen-bond acceptors (Lipinski definition) is 2. The van der Waals surface area contributed by atoms with Crippen LogP contribution in [0, 0.1) is 0 Å². The Labute approximate surface area is 103 Å². The van der Waals surface area contributed by atoms with Crippen LogP contribution in [-0.4, -0.2) is 23.7 Å². The molecule has 0 saturated heterocycles. The van der Waals surface area contributed by atoms with E-state index >= 15 is 0 Å². The molecule has 1 N–H and O–H groups in total. The van der Waals surface area contributed by atoms with Gasteiger partial charge in [0.15, 0.2) is 0 Å². The van der Waals surface area contributed by atoms with Crippen molar-refractivity contribution in [2.24, 2.45) is 0 Å². The van der Waals surface area contributed by atoms with Gasteiger partial charge in [-0.2, -0.15) is 0 Å². The summed E-state index contributed by atoms with van der Waals surface area (Å²) in [4.78, 5) is 13.2. The zero-order chi connectivity index (χ0) is 11.7. The summed E-state index contributed by atoms with van der Waals surface area (Å²) in [5.74, 6) is -0.895. The fourth-order valence-electron chi connectivity index (χ4n) is 1.89. The molecular weight excluding hydrogens is 270 g/mol. The molecule has 0 atom stereocenters. The van der Waals surface area contributed by atoms with E-state index in [9.17, 15) is 4.79 Å². The molecule has 1 aromatic rings. The molecule has 0 aliphatic heterocycles. The van der Waals surface area contributed by atoms with E-state index < -0.39 is 5.97 Å². The molecule has 1 fully saturated rings. The van der Waals surface area contributed by atoms with Gasteiger partial charge in [0.25, 0.3) is 0 Å². The smallest absolute Gasteiger partial charge is 0.336 e. The summed E-state index contributed by atoms with van der Waals surface area (Å²) in [6.07, 6.45) is 2.48. The summed E-state index contributed by atoms with van der Waals surface area (Å²) in [7, 11) is 0. The van der Waals surface area contributed by atoms with Crippen molar-refractivity contribution < 1.29 is 9.90 Å². The van der Waals surface area contributed by atoms with Crippen molar-refractivity contribution >= 4 is 27.6 Å². The van der Waals surface area contributed by atoms with Gasteiger partial charge in [0.2, 0.25) is 0 Å². The van der Waals surface area contributed by atoms with Crippen molar-refractivity contribution in [3.63, 3.8) is 0 Å². The number of carboxylic acids is 1. The van der Waals surface area contributed by atoms with Gasteiger partial charge < -0.3 is 10.0 Å². The molecule has 0 unspecified atom stereocenters. The van der Waals surface area contributed by atoms with Gasteiger partial charge in [-0.05, 0) is 53.9 Å². The average Bonchev–Trinajstić information content (AvgIpc) is 3.02. The van der Waals surface area contributed by atoms with Gasteiger partial charge in [-0.3, -0.25) is 0 Å². The Balaban J connectivity index is 2.28. The maximum absolute atomic E-state index is 10.9. The molecule has 0 radical (unpaired) electrons. The molecule has 2 rings (SSSR count). The molecule has 86 valence electrons. The van der Waals surface area contributed by atoms with E-state index in [0.29, 0.717) is 16.1 Å². The Kier molecular flexibility index (Phi) is 3.19. The summed E-state index contributed by atoms with van der Waals surface area (Å²) in [6, 6.07) is 6.08. The molecule has 16 heavy (non-hydrogen) atoms. The van der Waals surface area contributed by atoms with Crippen LogP contribution in [0.4, 0.5) is 5.69 Å². The van der Waals surface area contributed by atoms with Gasteiger partial charge in [0.05, 0.1) is 5.56 Å². The summed E-state index contributed by atoms with van der Waals surface area (Å²) in [5.41, 5.74) is 1.41. The van der Waals surface area contributed by atoms with E-state index in [-0.39, 0.29) is 0 Å². The van der Waals surface area contributed by atoms with E-state index in [0.717, 1.165) is 12.2 Å². The van der Waals surface area contributed by atoms with Gasteiger partial charge in [-0.15, -0.1) is 0 Å².